The molecule has 0 saturated carbocycles. The molecule has 0 saturated heterocycles. The number of thiophene rings is 1. The van der Waals surface area contributed by atoms with Crippen LogP contribution in [-0.2, 0) is 11.2 Å². The van der Waals surface area contributed by atoms with E-state index in [1.54, 1.807) is 11.3 Å². The third-order valence-corrected chi connectivity index (χ3v) is 5.60. The fourth-order valence-corrected chi connectivity index (χ4v) is 4.14. The van der Waals surface area contributed by atoms with Gasteiger partial charge in [-0.05, 0) is 54.9 Å². The summed E-state index contributed by atoms with van der Waals surface area (Å²) in [6.45, 7) is 3.96. The topological polar surface area (TPSA) is 41.6 Å². The first-order valence-corrected chi connectivity index (χ1v) is 9.92. The van der Waals surface area contributed by atoms with Gasteiger partial charge in [0.2, 0.25) is 6.41 Å². The molecule has 3 rings (SSSR count). The Labute approximate surface area is 153 Å². The van der Waals surface area contributed by atoms with Gasteiger partial charge in [-0.2, -0.15) is 0 Å². The van der Waals surface area contributed by atoms with E-state index in [0.717, 1.165) is 55.9 Å². The van der Waals surface area contributed by atoms with Crippen LogP contribution < -0.4 is 15.0 Å². The number of fused-ring (bicyclic) bond motifs is 1. The highest BCUT2D eigenvalue weighted by Gasteiger charge is 2.22. The number of carbonyl (C=O) groups is 1. The van der Waals surface area contributed by atoms with Crippen LogP contribution in [0, 0.1) is 0 Å². The van der Waals surface area contributed by atoms with Crippen molar-refractivity contribution in [1.82, 2.24) is 5.32 Å². The van der Waals surface area contributed by atoms with Crippen molar-refractivity contribution in [3.63, 3.8) is 0 Å². The number of anilines is 1. The SMILES string of the molecule is CCC(CCCNCC1Cc2ccccc2O1)N(C=O)c1cccs1. The molecule has 2 atom stereocenters. The molecule has 0 bridgehead atoms. The van der Waals surface area contributed by atoms with Gasteiger partial charge in [0.05, 0.1) is 5.00 Å². The van der Waals surface area contributed by atoms with E-state index in [0.29, 0.717) is 0 Å². The maximum atomic E-state index is 11.5. The first-order valence-electron chi connectivity index (χ1n) is 9.04. The number of carbonyl (C=O) groups excluding carboxylic acids is 1. The Morgan fingerprint density at radius 2 is 2.24 bits per heavy atom. The van der Waals surface area contributed by atoms with E-state index in [2.05, 4.69) is 24.4 Å². The number of ether oxygens (including phenoxy) is 1. The second-order valence-electron chi connectivity index (χ2n) is 6.42. The molecule has 1 amide bonds. The average molecular weight is 359 g/mol. The summed E-state index contributed by atoms with van der Waals surface area (Å²) in [7, 11) is 0. The van der Waals surface area contributed by atoms with Crippen molar-refractivity contribution >= 4 is 22.7 Å². The molecule has 2 aromatic rings. The molecule has 4 nitrogen and oxygen atoms in total. The molecular formula is C20H26N2O2S. The number of nitrogens with zero attached hydrogens (tertiary/aromatic N) is 1. The molecule has 0 radical (unpaired) electrons. The average Bonchev–Trinajstić information content (AvgIpc) is 3.29. The Hall–Kier alpha value is -1.85. The van der Waals surface area contributed by atoms with Crippen molar-refractivity contribution in [1.29, 1.82) is 0 Å². The van der Waals surface area contributed by atoms with Crippen LogP contribution in [0.3, 0.4) is 0 Å². The smallest absolute Gasteiger partial charge is 0.215 e. The van der Waals surface area contributed by atoms with Gasteiger partial charge in [-0.1, -0.05) is 25.1 Å². The summed E-state index contributed by atoms with van der Waals surface area (Å²) in [5.41, 5.74) is 1.30. The van der Waals surface area contributed by atoms with Crippen LogP contribution in [0.25, 0.3) is 0 Å². The van der Waals surface area contributed by atoms with Gasteiger partial charge < -0.3 is 15.0 Å². The van der Waals surface area contributed by atoms with Gasteiger partial charge in [0.1, 0.15) is 11.9 Å². The monoisotopic (exact) mass is 358 g/mol. The fraction of sp³-hybridized carbons (Fsp3) is 0.450. The van der Waals surface area contributed by atoms with Crippen molar-refractivity contribution < 1.29 is 9.53 Å². The van der Waals surface area contributed by atoms with Crippen LogP contribution in [0.5, 0.6) is 5.75 Å². The predicted molar refractivity (Wildman–Crippen MR) is 104 cm³/mol. The van der Waals surface area contributed by atoms with E-state index >= 15 is 0 Å². The Morgan fingerprint density at radius 1 is 1.36 bits per heavy atom. The Balaban J connectivity index is 1.37. The zero-order valence-electron chi connectivity index (χ0n) is 14.7. The van der Waals surface area contributed by atoms with Crippen LogP contribution in [0.1, 0.15) is 31.7 Å². The molecule has 1 aliphatic heterocycles. The number of para-hydroxylation sites is 1. The lowest BCUT2D eigenvalue weighted by Crippen LogP contribution is -2.35. The molecule has 2 heterocycles. The Kier molecular flexibility index (Phi) is 6.48. The highest BCUT2D eigenvalue weighted by molar-refractivity contribution is 7.14. The van der Waals surface area contributed by atoms with Crippen molar-refractivity contribution in [2.45, 2.75) is 44.8 Å². The molecule has 0 fully saturated rings. The van der Waals surface area contributed by atoms with E-state index in [1.165, 1.54) is 5.56 Å². The van der Waals surface area contributed by atoms with Crippen LogP contribution >= 0.6 is 11.3 Å². The van der Waals surface area contributed by atoms with E-state index in [4.69, 9.17) is 4.74 Å². The number of nitrogens with one attached hydrogen (secondary N) is 1. The molecular weight excluding hydrogens is 332 g/mol. The first-order chi connectivity index (χ1) is 12.3. The second kappa shape index (κ2) is 9.02. The normalized spacial score (nSPS) is 16.9. The highest BCUT2D eigenvalue weighted by Crippen LogP contribution is 2.28. The van der Waals surface area contributed by atoms with Crippen molar-refractivity contribution in [2.24, 2.45) is 0 Å². The van der Waals surface area contributed by atoms with Crippen LogP contribution in [-0.4, -0.2) is 31.6 Å². The molecule has 5 heteroatoms. The number of hydrogen-bond acceptors (Lipinski definition) is 4. The third kappa shape index (κ3) is 4.61. The Morgan fingerprint density at radius 3 is 2.96 bits per heavy atom. The minimum atomic E-state index is 0.233. The molecule has 1 aromatic heterocycles. The van der Waals surface area contributed by atoms with Gasteiger partial charge in [-0.3, -0.25) is 4.79 Å². The van der Waals surface area contributed by atoms with Crippen molar-refractivity contribution in [3.8, 4) is 5.75 Å². The lowest BCUT2D eigenvalue weighted by molar-refractivity contribution is -0.107. The summed E-state index contributed by atoms with van der Waals surface area (Å²) in [6, 6.07) is 12.5. The van der Waals surface area contributed by atoms with Crippen LogP contribution in [0.2, 0.25) is 0 Å². The summed E-state index contributed by atoms with van der Waals surface area (Å²) >= 11 is 1.62. The minimum absolute atomic E-state index is 0.233. The standard InChI is InChI=1S/C20H26N2O2S/c1-2-17(22(15-23)20-10-6-12-25-20)8-5-11-21-14-18-13-16-7-3-4-9-19(16)24-18/h3-4,6-7,9-10,12,15,17-18,21H,2,5,8,11,13-14H2,1H3. The first kappa shape index (κ1) is 18.0. The third-order valence-electron chi connectivity index (χ3n) is 4.72. The van der Waals surface area contributed by atoms with Crippen LogP contribution in [0.4, 0.5) is 5.00 Å². The summed E-state index contributed by atoms with van der Waals surface area (Å²) in [5.74, 6) is 1.03. The molecule has 0 spiro atoms. The van der Waals surface area contributed by atoms with Gasteiger partial charge in [-0.15, -0.1) is 11.3 Å². The van der Waals surface area contributed by atoms with Crippen LogP contribution in [0.15, 0.2) is 41.8 Å². The quantitative estimate of drug-likeness (QED) is 0.518. The van der Waals surface area contributed by atoms with E-state index < -0.39 is 0 Å². The number of hydrogen-bond donors (Lipinski definition) is 1. The van der Waals surface area contributed by atoms with Gasteiger partial charge in [0.25, 0.3) is 0 Å². The number of rotatable bonds is 10. The fourth-order valence-electron chi connectivity index (χ4n) is 3.37. The van der Waals surface area contributed by atoms with Crippen molar-refractivity contribution in [2.75, 3.05) is 18.0 Å². The highest BCUT2D eigenvalue weighted by atomic mass is 32.1. The molecule has 1 aromatic carbocycles. The zero-order chi connectivity index (χ0) is 17.5. The lowest BCUT2D eigenvalue weighted by atomic mass is 10.1. The molecule has 1 N–H and O–H groups in total. The summed E-state index contributed by atoms with van der Waals surface area (Å²) in [4.78, 5) is 13.4. The van der Waals surface area contributed by atoms with E-state index in [1.807, 2.05) is 34.5 Å². The lowest BCUT2D eigenvalue weighted by Gasteiger charge is -2.26. The summed E-state index contributed by atoms with van der Waals surface area (Å²) < 4.78 is 5.94. The second-order valence-corrected chi connectivity index (χ2v) is 7.35. The molecule has 134 valence electrons. The van der Waals surface area contributed by atoms with Gasteiger partial charge in [0, 0.05) is 19.0 Å². The zero-order valence-corrected chi connectivity index (χ0v) is 15.5. The molecule has 25 heavy (non-hydrogen) atoms. The largest absolute Gasteiger partial charge is 0.488 e. The number of benzene rings is 1. The number of amides is 1. The van der Waals surface area contributed by atoms with E-state index in [9.17, 15) is 4.79 Å². The molecule has 2 unspecified atom stereocenters. The Bertz CT molecular complexity index is 634. The van der Waals surface area contributed by atoms with E-state index in [-0.39, 0.29) is 12.1 Å². The summed E-state index contributed by atoms with van der Waals surface area (Å²) in [6.07, 6.45) is 5.21. The minimum Gasteiger partial charge on any atom is -0.488 e. The summed E-state index contributed by atoms with van der Waals surface area (Å²) in [5, 5.41) is 6.55. The predicted octanol–water partition coefficient (Wildman–Crippen LogP) is 3.86. The van der Waals surface area contributed by atoms with Gasteiger partial charge in [-0.25, -0.2) is 0 Å². The maximum absolute atomic E-state index is 11.5. The van der Waals surface area contributed by atoms with Gasteiger partial charge >= 0.3 is 0 Å². The van der Waals surface area contributed by atoms with Gasteiger partial charge in [0.15, 0.2) is 0 Å². The van der Waals surface area contributed by atoms with Crippen molar-refractivity contribution in [3.05, 3.63) is 47.3 Å². The molecule has 1 aliphatic rings. The maximum Gasteiger partial charge on any atom is 0.215 e. The molecule has 0 aliphatic carbocycles.